The van der Waals surface area contributed by atoms with Gasteiger partial charge in [0.1, 0.15) is 6.29 Å². The van der Waals surface area contributed by atoms with E-state index in [2.05, 4.69) is 19.2 Å². The van der Waals surface area contributed by atoms with Crippen molar-refractivity contribution in [2.45, 2.75) is 44.4 Å². The van der Waals surface area contributed by atoms with Crippen LogP contribution in [0.1, 0.15) is 60.2 Å². The molecule has 1 N–H and O–H groups in total. The largest absolute Gasteiger partial charge is 0.322 e. The second-order valence-corrected chi connectivity index (χ2v) is 13.9. The Morgan fingerprint density at radius 2 is 1.70 bits per heavy atom. The molecule has 9 nitrogen and oxygen atoms in total. The predicted octanol–water partition coefficient (Wildman–Crippen LogP) is 3.98. The highest BCUT2D eigenvalue weighted by Crippen LogP contribution is 2.29. The molecule has 11 heteroatoms. The maximum Gasteiger partial charge on any atom is 0.257 e. The first-order valence-electron chi connectivity index (χ1n) is 12.3. The van der Waals surface area contributed by atoms with Gasteiger partial charge < -0.3 is 5.32 Å². The average Bonchev–Trinajstić information content (AvgIpc) is 2.86. The van der Waals surface area contributed by atoms with Crippen molar-refractivity contribution in [2.75, 3.05) is 36.0 Å². The molecule has 0 aliphatic carbocycles. The summed E-state index contributed by atoms with van der Waals surface area (Å²) >= 11 is 0. The van der Waals surface area contributed by atoms with E-state index in [1.807, 2.05) is 0 Å². The molecule has 3 rings (SSSR count). The van der Waals surface area contributed by atoms with Crippen LogP contribution >= 0.6 is 0 Å². The van der Waals surface area contributed by atoms with Crippen LogP contribution in [0.3, 0.4) is 0 Å². The SMILES string of the molecule is CC(C)CCC1CCN(S(=O)(=O)c2ccc(NC(=O)c3cc(C=O)ccc3N(C)S(C)(=O)=O)cc2)CC1. The molecule has 0 spiro atoms. The molecule has 0 atom stereocenters. The third-order valence-corrected chi connectivity index (χ3v) is 9.82. The van der Waals surface area contributed by atoms with Crippen molar-refractivity contribution in [1.29, 1.82) is 0 Å². The van der Waals surface area contributed by atoms with E-state index in [4.69, 9.17) is 0 Å². The summed E-state index contributed by atoms with van der Waals surface area (Å²) in [5.41, 5.74) is 0.655. The van der Waals surface area contributed by atoms with Crippen LogP contribution in [0.2, 0.25) is 0 Å². The number of aldehydes is 1. The van der Waals surface area contributed by atoms with E-state index in [-0.39, 0.29) is 21.7 Å². The number of nitrogens with zero attached hydrogens (tertiary/aromatic N) is 2. The molecule has 1 fully saturated rings. The predicted molar refractivity (Wildman–Crippen MR) is 145 cm³/mol. The second kappa shape index (κ2) is 11.7. The number of hydrogen-bond donors (Lipinski definition) is 1. The number of amides is 1. The summed E-state index contributed by atoms with van der Waals surface area (Å²) in [7, 11) is -5.99. The highest BCUT2D eigenvalue weighted by atomic mass is 32.2. The molecule has 1 aliphatic rings. The van der Waals surface area contributed by atoms with Crippen molar-refractivity contribution >= 4 is 43.6 Å². The zero-order valence-corrected chi connectivity index (χ0v) is 23.3. The number of benzene rings is 2. The molecule has 0 aromatic heterocycles. The van der Waals surface area contributed by atoms with Gasteiger partial charge in [0.2, 0.25) is 20.0 Å². The fraction of sp³-hybridized carbons (Fsp3) is 0.462. The number of carbonyl (C=O) groups excluding carboxylic acids is 2. The first kappa shape index (κ1) is 28.8. The number of hydrogen-bond acceptors (Lipinski definition) is 6. The standard InChI is InChI=1S/C26H35N3O6S2/c1-19(2)5-6-20-13-15-29(16-14-20)37(34,35)23-10-8-22(9-11-23)27-26(31)24-17-21(18-30)7-12-25(24)28(3)36(4,32)33/h7-12,17-20H,5-6,13-16H2,1-4H3,(H,27,31). The van der Waals surface area contributed by atoms with Crippen LogP contribution in [-0.2, 0) is 20.0 Å². The van der Waals surface area contributed by atoms with Crippen molar-refractivity contribution in [3.63, 3.8) is 0 Å². The van der Waals surface area contributed by atoms with Gasteiger partial charge in [-0.05, 0) is 67.1 Å². The van der Waals surface area contributed by atoms with Crippen LogP contribution in [0.15, 0.2) is 47.4 Å². The molecule has 2 aromatic rings. The van der Waals surface area contributed by atoms with Gasteiger partial charge >= 0.3 is 0 Å². The Morgan fingerprint density at radius 3 is 2.24 bits per heavy atom. The summed E-state index contributed by atoms with van der Waals surface area (Å²) in [5, 5.41) is 2.66. The van der Waals surface area contributed by atoms with Gasteiger partial charge in [-0.25, -0.2) is 16.8 Å². The van der Waals surface area contributed by atoms with Crippen LogP contribution in [0, 0.1) is 11.8 Å². The maximum absolute atomic E-state index is 13.1. The van der Waals surface area contributed by atoms with Crippen molar-refractivity contribution in [1.82, 2.24) is 4.31 Å². The van der Waals surface area contributed by atoms with Crippen LogP contribution in [-0.4, -0.2) is 59.7 Å². The van der Waals surface area contributed by atoms with E-state index in [1.165, 1.54) is 53.8 Å². The maximum atomic E-state index is 13.1. The minimum atomic E-state index is -3.65. The van der Waals surface area contributed by atoms with E-state index in [1.54, 1.807) is 0 Å². The van der Waals surface area contributed by atoms with Crippen LogP contribution < -0.4 is 9.62 Å². The summed E-state index contributed by atoms with van der Waals surface area (Å²) in [6.45, 7) is 5.38. The summed E-state index contributed by atoms with van der Waals surface area (Å²) in [6.07, 6.45) is 5.55. The molecule has 1 heterocycles. The van der Waals surface area contributed by atoms with Gasteiger partial charge in [-0.15, -0.1) is 0 Å². The molecule has 37 heavy (non-hydrogen) atoms. The van der Waals surface area contributed by atoms with Crippen LogP contribution in [0.25, 0.3) is 0 Å². The number of rotatable bonds is 10. The van der Waals surface area contributed by atoms with Crippen molar-refractivity contribution in [3.05, 3.63) is 53.6 Å². The molecular formula is C26H35N3O6S2. The van der Waals surface area contributed by atoms with Gasteiger partial charge in [-0.2, -0.15) is 4.31 Å². The zero-order valence-electron chi connectivity index (χ0n) is 21.7. The summed E-state index contributed by atoms with van der Waals surface area (Å²) in [6, 6.07) is 9.99. The molecule has 0 saturated carbocycles. The number of sulfonamides is 2. The van der Waals surface area contributed by atoms with E-state index in [0.717, 1.165) is 36.2 Å². The number of anilines is 2. The van der Waals surface area contributed by atoms with Gasteiger partial charge in [0, 0.05) is 31.4 Å². The van der Waals surface area contributed by atoms with E-state index in [9.17, 15) is 26.4 Å². The Kier molecular flexibility index (Phi) is 9.14. The van der Waals surface area contributed by atoms with Gasteiger partial charge in [0.15, 0.2) is 0 Å². The van der Waals surface area contributed by atoms with Crippen molar-refractivity contribution in [2.24, 2.45) is 11.8 Å². The molecule has 0 unspecified atom stereocenters. The molecule has 2 aromatic carbocycles. The minimum absolute atomic E-state index is 0.00504. The highest BCUT2D eigenvalue weighted by molar-refractivity contribution is 7.92. The van der Waals surface area contributed by atoms with Crippen molar-refractivity contribution in [3.8, 4) is 0 Å². The number of nitrogens with one attached hydrogen (secondary N) is 1. The molecule has 1 aliphatic heterocycles. The normalized spacial score (nSPS) is 15.5. The van der Waals surface area contributed by atoms with Crippen molar-refractivity contribution < 1.29 is 26.4 Å². The number of piperidine rings is 1. The Balaban J connectivity index is 1.73. The molecule has 1 saturated heterocycles. The lowest BCUT2D eigenvalue weighted by molar-refractivity contribution is 0.102. The third kappa shape index (κ3) is 7.18. The lowest BCUT2D eigenvalue weighted by Gasteiger charge is -2.31. The lowest BCUT2D eigenvalue weighted by atomic mass is 9.90. The van der Waals surface area contributed by atoms with Crippen LogP contribution in [0.4, 0.5) is 11.4 Å². The Morgan fingerprint density at radius 1 is 1.08 bits per heavy atom. The quantitative estimate of drug-likeness (QED) is 0.448. The molecule has 202 valence electrons. The van der Waals surface area contributed by atoms with Crippen LogP contribution in [0.5, 0.6) is 0 Å². The van der Waals surface area contributed by atoms with Gasteiger partial charge in [-0.1, -0.05) is 26.7 Å². The minimum Gasteiger partial charge on any atom is -0.322 e. The van der Waals surface area contributed by atoms with E-state index < -0.39 is 26.0 Å². The summed E-state index contributed by atoms with van der Waals surface area (Å²) in [4.78, 5) is 24.4. The average molecular weight is 550 g/mol. The van der Waals surface area contributed by atoms with Gasteiger partial charge in [-0.3, -0.25) is 13.9 Å². The Hall–Kier alpha value is -2.76. The zero-order chi connectivity index (χ0) is 27.4. The fourth-order valence-electron chi connectivity index (χ4n) is 4.33. The molecule has 0 bridgehead atoms. The Bertz CT molecular complexity index is 1330. The van der Waals surface area contributed by atoms with E-state index in [0.29, 0.717) is 36.9 Å². The van der Waals surface area contributed by atoms with Gasteiger partial charge in [0.05, 0.1) is 22.4 Å². The summed E-state index contributed by atoms with van der Waals surface area (Å²) in [5.74, 6) is 0.561. The first-order valence-corrected chi connectivity index (χ1v) is 15.6. The fourth-order valence-corrected chi connectivity index (χ4v) is 6.31. The molecular weight excluding hydrogens is 514 g/mol. The second-order valence-electron chi connectivity index (χ2n) is 9.92. The first-order chi connectivity index (χ1) is 17.3. The number of carbonyl (C=O) groups is 2. The molecule has 0 radical (unpaired) electrons. The summed E-state index contributed by atoms with van der Waals surface area (Å²) < 4.78 is 52.8. The smallest absolute Gasteiger partial charge is 0.257 e. The highest BCUT2D eigenvalue weighted by Gasteiger charge is 2.29. The Labute approximate surface area is 220 Å². The third-order valence-electron chi connectivity index (χ3n) is 6.71. The molecule has 1 amide bonds. The monoisotopic (exact) mass is 549 g/mol. The van der Waals surface area contributed by atoms with E-state index >= 15 is 0 Å². The van der Waals surface area contributed by atoms with Gasteiger partial charge in [0.25, 0.3) is 5.91 Å². The topological polar surface area (TPSA) is 121 Å². The lowest BCUT2D eigenvalue weighted by Crippen LogP contribution is -2.38.